The molecule has 3 aromatic rings. The molecule has 19 heavy (non-hydrogen) atoms. The van der Waals surface area contributed by atoms with Crippen molar-refractivity contribution in [3.63, 3.8) is 0 Å². The lowest BCUT2D eigenvalue weighted by Crippen LogP contribution is -1.99. The lowest BCUT2D eigenvalue weighted by atomic mass is 9.89. The molecule has 1 N–H and O–H groups in total. The van der Waals surface area contributed by atoms with Crippen LogP contribution in [0.1, 0.15) is 30.4 Å². The van der Waals surface area contributed by atoms with Crippen molar-refractivity contribution in [1.82, 2.24) is 9.97 Å². The monoisotopic (exact) mass is 254 g/mol. The third-order valence-corrected chi connectivity index (χ3v) is 3.54. The van der Waals surface area contributed by atoms with Crippen molar-refractivity contribution in [2.75, 3.05) is 0 Å². The van der Waals surface area contributed by atoms with Gasteiger partial charge in [-0.3, -0.25) is 0 Å². The highest BCUT2D eigenvalue weighted by Gasteiger charge is 2.16. The maximum absolute atomic E-state index is 13.0. The molecule has 3 heteroatoms. The fourth-order valence-corrected chi connectivity index (χ4v) is 2.60. The van der Waals surface area contributed by atoms with Crippen LogP contribution in [0.15, 0.2) is 48.8 Å². The number of nitrogens with zero attached hydrogens (tertiary/aromatic N) is 1. The van der Waals surface area contributed by atoms with E-state index in [2.05, 4.69) is 23.0 Å². The Bertz CT molecular complexity index is 685. The van der Waals surface area contributed by atoms with Crippen LogP contribution < -0.4 is 0 Å². The summed E-state index contributed by atoms with van der Waals surface area (Å²) in [5.41, 5.74) is 3.25. The molecule has 1 atom stereocenters. The van der Waals surface area contributed by atoms with Gasteiger partial charge < -0.3 is 4.98 Å². The van der Waals surface area contributed by atoms with Crippen LogP contribution in [0.3, 0.4) is 0 Å². The van der Waals surface area contributed by atoms with E-state index in [4.69, 9.17) is 0 Å². The zero-order chi connectivity index (χ0) is 13.2. The maximum Gasteiger partial charge on any atom is 0.137 e. The third kappa shape index (κ3) is 2.12. The molecule has 0 aliphatic carbocycles. The van der Waals surface area contributed by atoms with Crippen LogP contribution in [0.25, 0.3) is 11.0 Å². The summed E-state index contributed by atoms with van der Waals surface area (Å²) in [6, 6.07) is 10.8. The standard InChI is InChI=1S/C16H15FN2/c1-2-13(11-5-7-12(17)8-6-11)15-10-19-16-14(15)4-3-9-18-16/h3-10,13H,2H2,1H3,(H,18,19). The summed E-state index contributed by atoms with van der Waals surface area (Å²) in [7, 11) is 0. The van der Waals surface area contributed by atoms with Crippen molar-refractivity contribution in [3.8, 4) is 0 Å². The number of hydrogen-bond acceptors (Lipinski definition) is 1. The number of pyridine rings is 1. The Morgan fingerprint density at radius 3 is 2.74 bits per heavy atom. The SMILES string of the molecule is CCC(c1ccc(F)cc1)c1c[nH]c2ncccc12. The minimum atomic E-state index is -0.195. The van der Waals surface area contributed by atoms with E-state index in [1.807, 2.05) is 24.4 Å². The fraction of sp³-hybridized carbons (Fsp3) is 0.188. The van der Waals surface area contributed by atoms with E-state index in [0.717, 1.165) is 23.0 Å². The fourth-order valence-electron chi connectivity index (χ4n) is 2.60. The smallest absolute Gasteiger partial charge is 0.137 e. The van der Waals surface area contributed by atoms with Crippen LogP contribution in [-0.4, -0.2) is 9.97 Å². The molecule has 0 amide bonds. The first-order valence-electron chi connectivity index (χ1n) is 6.47. The van der Waals surface area contributed by atoms with Crippen molar-refractivity contribution >= 4 is 11.0 Å². The summed E-state index contributed by atoms with van der Waals surface area (Å²) in [6.45, 7) is 2.14. The Hall–Kier alpha value is -2.16. The second kappa shape index (κ2) is 4.84. The summed E-state index contributed by atoms with van der Waals surface area (Å²) < 4.78 is 13.0. The van der Waals surface area contributed by atoms with Crippen molar-refractivity contribution in [2.24, 2.45) is 0 Å². The van der Waals surface area contributed by atoms with Gasteiger partial charge in [-0.25, -0.2) is 9.37 Å². The number of H-pyrrole nitrogens is 1. The minimum absolute atomic E-state index is 0.195. The molecule has 2 heterocycles. The van der Waals surface area contributed by atoms with E-state index >= 15 is 0 Å². The third-order valence-electron chi connectivity index (χ3n) is 3.54. The summed E-state index contributed by atoms with van der Waals surface area (Å²) in [5.74, 6) is 0.0674. The molecule has 0 radical (unpaired) electrons. The molecule has 0 fully saturated rings. The van der Waals surface area contributed by atoms with Crippen molar-refractivity contribution < 1.29 is 4.39 Å². The van der Waals surface area contributed by atoms with Gasteiger partial charge in [0, 0.05) is 23.7 Å². The van der Waals surface area contributed by atoms with Gasteiger partial charge in [-0.05, 0) is 41.8 Å². The second-order valence-electron chi connectivity index (χ2n) is 4.66. The van der Waals surface area contributed by atoms with Gasteiger partial charge >= 0.3 is 0 Å². The minimum Gasteiger partial charge on any atom is -0.346 e. The molecule has 96 valence electrons. The van der Waals surface area contributed by atoms with Gasteiger partial charge in [-0.15, -0.1) is 0 Å². The predicted octanol–water partition coefficient (Wildman–Crippen LogP) is 4.24. The summed E-state index contributed by atoms with van der Waals surface area (Å²) in [4.78, 5) is 7.51. The molecule has 1 unspecified atom stereocenters. The van der Waals surface area contributed by atoms with Crippen LogP contribution in [0.4, 0.5) is 4.39 Å². The molecule has 2 nitrogen and oxygen atoms in total. The Morgan fingerprint density at radius 1 is 1.21 bits per heavy atom. The first-order valence-corrected chi connectivity index (χ1v) is 6.47. The summed E-state index contributed by atoms with van der Waals surface area (Å²) >= 11 is 0. The number of fused-ring (bicyclic) bond motifs is 1. The molecule has 2 aromatic heterocycles. The van der Waals surface area contributed by atoms with Crippen molar-refractivity contribution in [2.45, 2.75) is 19.3 Å². The number of aromatic nitrogens is 2. The van der Waals surface area contributed by atoms with E-state index in [9.17, 15) is 4.39 Å². The maximum atomic E-state index is 13.0. The molecule has 0 aliphatic rings. The lowest BCUT2D eigenvalue weighted by Gasteiger charge is -2.14. The normalized spacial score (nSPS) is 12.7. The van der Waals surface area contributed by atoms with E-state index in [1.165, 1.54) is 17.7 Å². The highest BCUT2D eigenvalue weighted by molar-refractivity contribution is 5.80. The van der Waals surface area contributed by atoms with Crippen molar-refractivity contribution in [1.29, 1.82) is 0 Å². The number of halogens is 1. The zero-order valence-electron chi connectivity index (χ0n) is 10.7. The van der Waals surface area contributed by atoms with Gasteiger partial charge in [0.15, 0.2) is 0 Å². The van der Waals surface area contributed by atoms with Crippen LogP contribution >= 0.6 is 0 Å². The Balaban J connectivity index is 2.09. The lowest BCUT2D eigenvalue weighted by molar-refractivity contribution is 0.626. The van der Waals surface area contributed by atoms with Gasteiger partial charge in [0.25, 0.3) is 0 Å². The van der Waals surface area contributed by atoms with E-state index in [-0.39, 0.29) is 11.7 Å². The quantitative estimate of drug-likeness (QED) is 0.744. The Kier molecular flexibility index (Phi) is 3.03. The number of nitrogens with one attached hydrogen (secondary N) is 1. The Labute approximate surface area is 111 Å². The molecule has 0 saturated heterocycles. The number of hydrogen-bond donors (Lipinski definition) is 1. The molecule has 0 saturated carbocycles. The molecular formula is C16H15FN2. The van der Waals surface area contributed by atoms with Gasteiger partial charge in [0.05, 0.1) is 0 Å². The average Bonchev–Trinajstić information content (AvgIpc) is 2.86. The van der Waals surface area contributed by atoms with Gasteiger partial charge in [0.1, 0.15) is 11.5 Å². The van der Waals surface area contributed by atoms with E-state index < -0.39 is 0 Å². The number of aromatic amines is 1. The van der Waals surface area contributed by atoms with Gasteiger partial charge in [-0.1, -0.05) is 19.1 Å². The molecule has 0 bridgehead atoms. The average molecular weight is 254 g/mol. The highest BCUT2D eigenvalue weighted by Crippen LogP contribution is 2.32. The van der Waals surface area contributed by atoms with Crippen LogP contribution in [0.5, 0.6) is 0 Å². The summed E-state index contributed by atoms with van der Waals surface area (Å²) in [6.07, 6.45) is 4.75. The van der Waals surface area contributed by atoms with Gasteiger partial charge in [-0.2, -0.15) is 0 Å². The van der Waals surface area contributed by atoms with Crippen LogP contribution in [-0.2, 0) is 0 Å². The molecule has 0 aliphatic heterocycles. The first kappa shape index (κ1) is 11.9. The Morgan fingerprint density at radius 2 is 2.00 bits per heavy atom. The largest absolute Gasteiger partial charge is 0.346 e. The highest BCUT2D eigenvalue weighted by atomic mass is 19.1. The second-order valence-corrected chi connectivity index (χ2v) is 4.66. The predicted molar refractivity (Wildman–Crippen MR) is 74.6 cm³/mol. The number of benzene rings is 1. The summed E-state index contributed by atoms with van der Waals surface area (Å²) in [5, 5.41) is 1.14. The number of rotatable bonds is 3. The molecule has 3 rings (SSSR count). The topological polar surface area (TPSA) is 28.7 Å². The molecule has 1 aromatic carbocycles. The molecule has 0 spiro atoms. The first-order chi connectivity index (χ1) is 9.29. The van der Waals surface area contributed by atoms with Crippen molar-refractivity contribution in [3.05, 3.63) is 65.7 Å². The van der Waals surface area contributed by atoms with E-state index in [1.54, 1.807) is 6.20 Å². The van der Waals surface area contributed by atoms with Crippen LogP contribution in [0, 0.1) is 5.82 Å². The van der Waals surface area contributed by atoms with Crippen LogP contribution in [0.2, 0.25) is 0 Å². The van der Waals surface area contributed by atoms with E-state index in [0.29, 0.717) is 0 Å². The molecular weight excluding hydrogens is 239 g/mol. The zero-order valence-corrected chi connectivity index (χ0v) is 10.7. The van der Waals surface area contributed by atoms with Gasteiger partial charge in [0.2, 0.25) is 0 Å².